The minimum Gasteiger partial charge on any atom is -0.481 e. The molecular weight excluding hydrogens is 646 g/mol. The molecule has 0 amide bonds. The highest BCUT2D eigenvalue weighted by atomic mass is 16.4. The normalized spacial score (nSPS) is 11.1. The third-order valence-corrected chi connectivity index (χ3v) is 5.22. The van der Waals surface area contributed by atoms with E-state index < -0.39 is 23.9 Å². The summed E-state index contributed by atoms with van der Waals surface area (Å²) in [7, 11) is 6.76. The fraction of sp³-hybridized carbons (Fsp3) is 0.485. The van der Waals surface area contributed by atoms with Gasteiger partial charge in [-0.3, -0.25) is 25.2 Å². The highest BCUT2D eigenvalue weighted by molar-refractivity contribution is 5.92. The topological polar surface area (TPSA) is 321 Å². The van der Waals surface area contributed by atoms with Crippen molar-refractivity contribution in [3.8, 4) is 0 Å². The molecule has 0 radical (unpaired) electrons. The van der Waals surface area contributed by atoms with E-state index in [1.807, 2.05) is 0 Å². The molecule has 15 N–H and O–H groups in total. The van der Waals surface area contributed by atoms with E-state index in [-0.39, 0.29) is 43.1 Å². The van der Waals surface area contributed by atoms with Gasteiger partial charge in [-0.2, -0.15) is 9.98 Å². The molecule has 0 aliphatic rings. The van der Waals surface area contributed by atoms with Gasteiger partial charge in [0.2, 0.25) is 11.9 Å². The zero-order chi connectivity index (χ0) is 39.3. The SMILES string of the molecule is CC/C=C\C/C=C\C/C=C\C/C=C\C/C=C\CCCC(=O)O.CN(C)C(=N)N=C(N)N.CN(C)C(=N)N=C(N)N.NC(CCC(=O)O)C(=O)O. The van der Waals surface area contributed by atoms with Crippen LogP contribution in [0.5, 0.6) is 0 Å². The van der Waals surface area contributed by atoms with Crippen LogP contribution in [0.1, 0.15) is 71.1 Å². The molecule has 0 aliphatic heterocycles. The lowest BCUT2D eigenvalue weighted by Crippen LogP contribution is -2.30. The van der Waals surface area contributed by atoms with Crippen molar-refractivity contribution in [2.75, 3.05) is 28.2 Å². The molecule has 284 valence electrons. The van der Waals surface area contributed by atoms with E-state index in [2.05, 4.69) is 77.7 Å². The number of allylic oxidation sites excluding steroid dienone is 10. The number of guanidine groups is 4. The van der Waals surface area contributed by atoms with E-state index in [9.17, 15) is 14.4 Å². The Morgan fingerprint density at radius 1 is 0.640 bits per heavy atom. The smallest absolute Gasteiger partial charge is 0.320 e. The summed E-state index contributed by atoms with van der Waals surface area (Å²) in [5, 5.41) is 38.9. The van der Waals surface area contributed by atoms with Crippen LogP contribution >= 0.6 is 0 Å². The molecule has 0 aromatic rings. The van der Waals surface area contributed by atoms with Crippen LogP contribution in [0, 0.1) is 10.8 Å². The summed E-state index contributed by atoms with van der Waals surface area (Å²) in [6.07, 6.45) is 28.2. The first-order chi connectivity index (χ1) is 23.4. The third-order valence-electron chi connectivity index (χ3n) is 5.22. The minimum absolute atomic E-state index is 0.0231. The van der Waals surface area contributed by atoms with Crippen molar-refractivity contribution >= 4 is 41.7 Å². The lowest BCUT2D eigenvalue weighted by molar-refractivity contribution is -0.140. The van der Waals surface area contributed by atoms with Crippen LogP contribution in [-0.2, 0) is 14.4 Å². The van der Waals surface area contributed by atoms with E-state index >= 15 is 0 Å². The van der Waals surface area contributed by atoms with E-state index in [1.54, 1.807) is 28.2 Å². The highest BCUT2D eigenvalue weighted by Crippen LogP contribution is 1.99. The first kappa shape index (κ1) is 51.4. The Labute approximate surface area is 296 Å². The number of aliphatic imine (C=N–C) groups is 2. The van der Waals surface area contributed by atoms with Gasteiger partial charge in [-0.05, 0) is 51.4 Å². The van der Waals surface area contributed by atoms with Crippen LogP contribution in [-0.4, -0.2) is 101 Å². The molecule has 0 bridgehead atoms. The van der Waals surface area contributed by atoms with E-state index in [0.717, 1.165) is 44.9 Å². The van der Waals surface area contributed by atoms with Crippen molar-refractivity contribution < 1.29 is 29.7 Å². The third kappa shape index (κ3) is 49.4. The van der Waals surface area contributed by atoms with Crippen LogP contribution in [0.15, 0.2) is 70.7 Å². The quantitative estimate of drug-likeness (QED) is 0.0450. The zero-order valence-corrected chi connectivity index (χ0v) is 30.2. The molecule has 0 spiro atoms. The van der Waals surface area contributed by atoms with Gasteiger partial charge in [0, 0.05) is 41.0 Å². The fourth-order valence-electron chi connectivity index (χ4n) is 2.59. The summed E-state index contributed by atoms with van der Waals surface area (Å²) >= 11 is 0. The lowest BCUT2D eigenvalue weighted by Gasteiger charge is -2.07. The van der Waals surface area contributed by atoms with Crippen LogP contribution in [0.3, 0.4) is 0 Å². The van der Waals surface area contributed by atoms with E-state index in [0.29, 0.717) is 0 Å². The number of carboxylic acids is 3. The summed E-state index contributed by atoms with van der Waals surface area (Å²) in [4.78, 5) is 40.1. The number of aliphatic carboxylic acids is 3. The number of hydrogen-bond donors (Lipinski definition) is 10. The van der Waals surface area contributed by atoms with Crippen LogP contribution in [0.25, 0.3) is 0 Å². The van der Waals surface area contributed by atoms with Gasteiger partial charge in [-0.25, -0.2) is 0 Å². The fourth-order valence-corrected chi connectivity index (χ4v) is 2.59. The van der Waals surface area contributed by atoms with Crippen molar-refractivity contribution in [2.24, 2.45) is 38.7 Å². The summed E-state index contributed by atoms with van der Waals surface area (Å²) in [5.74, 6) is -2.99. The summed E-state index contributed by atoms with van der Waals surface area (Å²) in [6.45, 7) is 2.14. The Morgan fingerprint density at radius 2 is 0.980 bits per heavy atom. The summed E-state index contributed by atoms with van der Waals surface area (Å²) < 4.78 is 0. The summed E-state index contributed by atoms with van der Waals surface area (Å²) in [6, 6.07) is -1.06. The predicted octanol–water partition coefficient (Wildman–Crippen LogP) is 2.77. The van der Waals surface area contributed by atoms with Gasteiger partial charge in [0.1, 0.15) is 6.04 Å². The number of carbonyl (C=O) groups is 3. The Bertz CT molecular complexity index is 1130. The molecule has 0 aromatic heterocycles. The van der Waals surface area contributed by atoms with Gasteiger partial charge in [-0.1, -0.05) is 67.7 Å². The molecule has 0 aliphatic carbocycles. The number of nitrogens with two attached hydrogens (primary N) is 5. The maximum Gasteiger partial charge on any atom is 0.320 e. The van der Waals surface area contributed by atoms with E-state index in [1.165, 1.54) is 9.80 Å². The van der Waals surface area contributed by atoms with Crippen molar-refractivity contribution in [1.29, 1.82) is 10.8 Å². The first-order valence-electron chi connectivity index (χ1n) is 15.8. The Kier molecular flexibility index (Phi) is 37.4. The second kappa shape index (κ2) is 36.4. The molecule has 0 saturated heterocycles. The maximum atomic E-state index is 10.3. The monoisotopic (exact) mass is 707 g/mol. The highest BCUT2D eigenvalue weighted by Gasteiger charge is 2.12. The lowest BCUT2D eigenvalue weighted by atomic mass is 10.2. The largest absolute Gasteiger partial charge is 0.481 e. The molecular formula is C33H61N11O6. The molecule has 0 aromatic carbocycles. The second-order valence-electron chi connectivity index (χ2n) is 10.4. The van der Waals surface area contributed by atoms with Gasteiger partial charge in [0.05, 0.1) is 0 Å². The number of rotatable bonds is 17. The van der Waals surface area contributed by atoms with Gasteiger partial charge in [0.15, 0.2) is 11.9 Å². The number of hydrogen-bond acceptors (Lipinski definition) is 6. The van der Waals surface area contributed by atoms with E-state index in [4.69, 9.17) is 54.8 Å². The van der Waals surface area contributed by atoms with Crippen LogP contribution in [0.4, 0.5) is 0 Å². The van der Waals surface area contributed by atoms with Crippen molar-refractivity contribution in [3.05, 3.63) is 60.8 Å². The predicted molar refractivity (Wildman–Crippen MR) is 203 cm³/mol. The number of nitrogens with zero attached hydrogens (tertiary/aromatic N) is 4. The van der Waals surface area contributed by atoms with Crippen molar-refractivity contribution in [1.82, 2.24) is 9.80 Å². The van der Waals surface area contributed by atoms with Gasteiger partial charge in [-0.15, -0.1) is 0 Å². The Hall–Kier alpha value is -5.45. The van der Waals surface area contributed by atoms with Crippen LogP contribution < -0.4 is 28.7 Å². The number of unbranched alkanes of at least 4 members (excludes halogenated alkanes) is 1. The first-order valence-corrected chi connectivity index (χ1v) is 15.8. The molecule has 50 heavy (non-hydrogen) atoms. The molecule has 0 rings (SSSR count). The van der Waals surface area contributed by atoms with Gasteiger partial charge >= 0.3 is 17.9 Å². The standard InChI is InChI=1S/C20H30O2.C5H9NO4.2C4H11N5/c1-2-3-4-5-6-7-8-9-10-11-12-13-14-15-16-17-18-19-20(21)22;6-3(5(9)10)1-2-4(7)8;2*1-9(2)4(7)8-3(5)6/h3-4,6-7,9-10,12-13,15-16H,2,5,8,11,14,17-19H2,1H3,(H,21,22);3H,1-2,6H2,(H,7,8)(H,9,10);2*1-2H3,(H5,5,6,7,8)/b4-3-,7-6-,10-9-,13-12-,16-15-;;;. The van der Waals surface area contributed by atoms with Gasteiger partial charge in [0.25, 0.3) is 0 Å². The zero-order valence-electron chi connectivity index (χ0n) is 30.2. The number of carboxylic acid groups (broad SMARTS) is 3. The van der Waals surface area contributed by atoms with Crippen LogP contribution in [0.2, 0.25) is 0 Å². The van der Waals surface area contributed by atoms with Crippen molar-refractivity contribution in [3.63, 3.8) is 0 Å². The van der Waals surface area contributed by atoms with Crippen molar-refractivity contribution in [2.45, 2.75) is 77.2 Å². The average molecular weight is 708 g/mol. The summed E-state index contributed by atoms with van der Waals surface area (Å²) in [5.41, 5.74) is 25.0. The maximum absolute atomic E-state index is 10.3. The van der Waals surface area contributed by atoms with Gasteiger partial charge < -0.3 is 53.8 Å². The molecule has 17 nitrogen and oxygen atoms in total. The second-order valence-corrected chi connectivity index (χ2v) is 10.4. The molecule has 0 fully saturated rings. The minimum atomic E-state index is -1.17. The number of nitrogens with one attached hydrogen (secondary N) is 2. The molecule has 0 saturated carbocycles. The molecule has 1 atom stereocenters. The Balaban J connectivity index is -0.000000314. The average Bonchev–Trinajstić information content (AvgIpc) is 3.01. The molecule has 17 heteroatoms. The Morgan fingerprint density at radius 3 is 1.24 bits per heavy atom. The molecule has 0 heterocycles. The molecule has 1 unspecified atom stereocenters.